The Balaban J connectivity index is 2.16. The van der Waals surface area contributed by atoms with Crippen LogP contribution in [-0.2, 0) is 4.74 Å². The number of rotatable bonds is 2. The van der Waals surface area contributed by atoms with E-state index in [0.717, 1.165) is 36.8 Å². The fraction of sp³-hybridized carbons (Fsp3) is 0.500. The van der Waals surface area contributed by atoms with Crippen molar-refractivity contribution in [2.45, 2.75) is 19.4 Å². The average Bonchev–Trinajstić information content (AvgIpc) is 2.29. The van der Waals surface area contributed by atoms with Crippen LogP contribution in [0.3, 0.4) is 0 Å². The van der Waals surface area contributed by atoms with Crippen molar-refractivity contribution in [3.63, 3.8) is 0 Å². The molecule has 1 aromatic rings. The smallest absolute Gasteiger partial charge is 0.0748 e. The Hall–Kier alpha value is -0.930. The summed E-state index contributed by atoms with van der Waals surface area (Å²) in [5.74, 6) is 0. The van der Waals surface area contributed by atoms with Crippen molar-refractivity contribution >= 4 is 23.0 Å². The van der Waals surface area contributed by atoms with Crippen molar-refractivity contribution in [1.29, 1.82) is 0 Å². The highest BCUT2D eigenvalue weighted by Gasteiger charge is 2.20. The first kappa shape index (κ1) is 11.6. The molecule has 1 aliphatic rings. The molecule has 2 N–H and O–H groups in total. The predicted molar refractivity (Wildman–Crippen MR) is 68.1 cm³/mol. The number of hydrogen-bond acceptors (Lipinski definition) is 3. The highest BCUT2D eigenvalue weighted by atomic mass is 35.5. The van der Waals surface area contributed by atoms with Gasteiger partial charge in [-0.3, -0.25) is 0 Å². The van der Waals surface area contributed by atoms with Crippen molar-refractivity contribution in [2.24, 2.45) is 0 Å². The van der Waals surface area contributed by atoms with E-state index in [1.165, 1.54) is 0 Å². The average molecular weight is 241 g/mol. The van der Waals surface area contributed by atoms with Gasteiger partial charge in [0.1, 0.15) is 0 Å². The van der Waals surface area contributed by atoms with Gasteiger partial charge in [-0.25, -0.2) is 0 Å². The lowest BCUT2D eigenvalue weighted by Crippen LogP contribution is -2.42. The van der Waals surface area contributed by atoms with E-state index in [9.17, 15) is 0 Å². The van der Waals surface area contributed by atoms with Gasteiger partial charge in [-0.1, -0.05) is 18.5 Å². The first-order valence-corrected chi connectivity index (χ1v) is 6.00. The molecule has 0 amide bonds. The predicted octanol–water partition coefficient (Wildman–Crippen LogP) is 2.54. The maximum atomic E-state index is 6.19. The lowest BCUT2D eigenvalue weighted by atomic mass is 10.2. The maximum Gasteiger partial charge on any atom is 0.0748 e. The summed E-state index contributed by atoms with van der Waals surface area (Å²) in [6.07, 6.45) is 1.34. The van der Waals surface area contributed by atoms with E-state index in [-0.39, 0.29) is 0 Å². The molecule has 88 valence electrons. The number of nitrogens with two attached hydrogens (primary N) is 1. The number of anilines is 2. The minimum atomic E-state index is 0.308. The number of ether oxygens (including phenoxy) is 1. The van der Waals surface area contributed by atoms with Crippen LogP contribution in [0.1, 0.15) is 13.3 Å². The molecule has 1 aromatic carbocycles. The Bertz CT molecular complexity index is 370. The van der Waals surface area contributed by atoms with Gasteiger partial charge in [-0.05, 0) is 24.6 Å². The highest BCUT2D eigenvalue weighted by Crippen LogP contribution is 2.29. The summed E-state index contributed by atoms with van der Waals surface area (Å²) in [6.45, 7) is 4.69. The first-order valence-electron chi connectivity index (χ1n) is 5.62. The maximum absolute atomic E-state index is 6.19. The summed E-state index contributed by atoms with van der Waals surface area (Å²) in [5, 5.41) is 0.719. The van der Waals surface area contributed by atoms with Crippen molar-refractivity contribution in [2.75, 3.05) is 30.3 Å². The Morgan fingerprint density at radius 1 is 1.56 bits per heavy atom. The second-order valence-corrected chi connectivity index (χ2v) is 4.47. The van der Waals surface area contributed by atoms with Gasteiger partial charge >= 0.3 is 0 Å². The number of nitrogens with zero attached hydrogens (tertiary/aromatic N) is 1. The number of halogens is 1. The largest absolute Gasteiger partial charge is 0.399 e. The zero-order chi connectivity index (χ0) is 11.5. The van der Waals surface area contributed by atoms with Gasteiger partial charge in [-0.2, -0.15) is 0 Å². The van der Waals surface area contributed by atoms with E-state index < -0.39 is 0 Å². The van der Waals surface area contributed by atoms with E-state index >= 15 is 0 Å². The zero-order valence-corrected chi connectivity index (χ0v) is 10.2. The Labute approximate surface area is 101 Å². The van der Waals surface area contributed by atoms with E-state index in [1.54, 1.807) is 6.07 Å². The van der Waals surface area contributed by atoms with Gasteiger partial charge in [0.05, 0.1) is 23.4 Å². The van der Waals surface area contributed by atoms with Crippen LogP contribution < -0.4 is 10.6 Å². The van der Waals surface area contributed by atoms with E-state index in [0.29, 0.717) is 11.8 Å². The molecule has 1 unspecified atom stereocenters. The Kier molecular flexibility index (Phi) is 3.56. The molecule has 1 atom stereocenters. The quantitative estimate of drug-likeness (QED) is 0.808. The van der Waals surface area contributed by atoms with Crippen LogP contribution in [0.2, 0.25) is 5.02 Å². The topological polar surface area (TPSA) is 38.5 Å². The second kappa shape index (κ2) is 4.93. The molecule has 1 saturated heterocycles. The third kappa shape index (κ3) is 2.42. The molecule has 2 rings (SSSR count). The molecule has 0 saturated carbocycles. The van der Waals surface area contributed by atoms with Crippen LogP contribution in [0, 0.1) is 0 Å². The molecular formula is C12H17ClN2O. The number of hydrogen-bond donors (Lipinski definition) is 1. The summed E-state index contributed by atoms with van der Waals surface area (Å²) in [5.41, 5.74) is 7.44. The molecule has 1 aliphatic heterocycles. The molecule has 0 bridgehead atoms. The fourth-order valence-electron chi connectivity index (χ4n) is 1.96. The van der Waals surface area contributed by atoms with Crippen LogP contribution in [0.5, 0.6) is 0 Å². The van der Waals surface area contributed by atoms with Crippen molar-refractivity contribution in [3.05, 3.63) is 23.2 Å². The van der Waals surface area contributed by atoms with Gasteiger partial charge < -0.3 is 15.4 Å². The van der Waals surface area contributed by atoms with Crippen molar-refractivity contribution < 1.29 is 4.74 Å². The molecular weight excluding hydrogens is 224 g/mol. The van der Waals surface area contributed by atoms with Crippen LogP contribution in [-0.4, -0.2) is 25.8 Å². The van der Waals surface area contributed by atoms with E-state index in [4.69, 9.17) is 22.1 Å². The highest BCUT2D eigenvalue weighted by molar-refractivity contribution is 6.33. The second-order valence-electron chi connectivity index (χ2n) is 4.06. The minimum absolute atomic E-state index is 0.308. The summed E-state index contributed by atoms with van der Waals surface area (Å²) in [4.78, 5) is 2.26. The molecule has 1 fully saturated rings. The van der Waals surface area contributed by atoms with Gasteiger partial charge in [0.2, 0.25) is 0 Å². The summed E-state index contributed by atoms with van der Waals surface area (Å²) < 4.78 is 5.63. The zero-order valence-electron chi connectivity index (χ0n) is 9.45. The molecule has 0 spiro atoms. The Morgan fingerprint density at radius 2 is 2.38 bits per heavy atom. The number of morpholine rings is 1. The molecule has 0 radical (unpaired) electrons. The lowest BCUT2D eigenvalue weighted by Gasteiger charge is -2.34. The summed E-state index contributed by atoms with van der Waals surface area (Å²) >= 11 is 6.19. The van der Waals surface area contributed by atoms with Crippen LogP contribution in [0.4, 0.5) is 11.4 Å². The molecule has 1 heterocycles. The first-order chi connectivity index (χ1) is 7.70. The summed E-state index contributed by atoms with van der Waals surface area (Å²) in [7, 11) is 0. The molecule has 0 aliphatic carbocycles. The van der Waals surface area contributed by atoms with E-state index in [2.05, 4.69) is 11.8 Å². The third-order valence-corrected chi connectivity index (χ3v) is 3.21. The SMILES string of the molecule is CCC1CN(c2ccc(N)cc2Cl)CCO1. The van der Waals surface area contributed by atoms with Crippen LogP contribution >= 0.6 is 11.6 Å². The third-order valence-electron chi connectivity index (χ3n) is 2.91. The van der Waals surface area contributed by atoms with Gasteiger partial charge in [0.15, 0.2) is 0 Å². The Morgan fingerprint density at radius 3 is 3.06 bits per heavy atom. The molecule has 3 nitrogen and oxygen atoms in total. The van der Waals surface area contributed by atoms with Crippen molar-refractivity contribution in [1.82, 2.24) is 0 Å². The molecule has 16 heavy (non-hydrogen) atoms. The lowest BCUT2D eigenvalue weighted by molar-refractivity contribution is 0.0384. The van der Waals surface area contributed by atoms with Crippen LogP contribution in [0.15, 0.2) is 18.2 Å². The van der Waals surface area contributed by atoms with Gasteiger partial charge in [-0.15, -0.1) is 0 Å². The fourth-order valence-corrected chi connectivity index (χ4v) is 2.27. The number of nitrogen functional groups attached to an aromatic ring is 1. The van der Waals surface area contributed by atoms with Crippen molar-refractivity contribution in [3.8, 4) is 0 Å². The summed E-state index contributed by atoms with van der Waals surface area (Å²) in [6, 6.07) is 5.67. The standard InChI is InChI=1S/C12H17ClN2O/c1-2-10-8-15(5-6-16-10)12-4-3-9(14)7-11(12)13/h3-4,7,10H,2,5-6,8,14H2,1H3. The normalized spacial score (nSPS) is 21.1. The molecule has 0 aromatic heterocycles. The van der Waals surface area contributed by atoms with Crippen LogP contribution in [0.25, 0.3) is 0 Å². The van der Waals surface area contributed by atoms with Gasteiger partial charge in [0.25, 0.3) is 0 Å². The molecule has 4 heteroatoms. The van der Waals surface area contributed by atoms with E-state index in [1.807, 2.05) is 12.1 Å². The monoisotopic (exact) mass is 240 g/mol. The number of benzene rings is 1. The van der Waals surface area contributed by atoms with Gasteiger partial charge in [0, 0.05) is 18.8 Å². The minimum Gasteiger partial charge on any atom is -0.399 e.